The van der Waals surface area contributed by atoms with Crippen molar-refractivity contribution < 1.29 is 14.6 Å². The van der Waals surface area contributed by atoms with E-state index in [1.54, 1.807) is 18.2 Å². The number of anilines is 1. The number of hydrogen-bond donors (Lipinski definition) is 2. The number of nitrogens with one attached hydrogen (secondary N) is 1. The first-order valence-electron chi connectivity index (χ1n) is 12.2. The summed E-state index contributed by atoms with van der Waals surface area (Å²) in [7, 11) is 0. The molecule has 6 nitrogen and oxygen atoms in total. The lowest BCUT2D eigenvalue weighted by atomic mass is 10.1. The van der Waals surface area contributed by atoms with Crippen LogP contribution in [0, 0.1) is 0 Å². The number of unbranched alkanes of at least 4 members (excludes halogenated alkanes) is 1. The second-order valence-electron chi connectivity index (χ2n) is 8.37. The van der Waals surface area contributed by atoms with Crippen LogP contribution >= 0.6 is 11.6 Å². The highest BCUT2D eigenvalue weighted by Gasteiger charge is 2.34. The number of hydrogen-bond acceptors (Lipinski definition) is 5. The fourth-order valence-electron chi connectivity index (χ4n) is 4.48. The van der Waals surface area contributed by atoms with Gasteiger partial charge in [-0.25, -0.2) is 4.98 Å². The highest BCUT2D eigenvalue weighted by Crippen LogP contribution is 2.28. The van der Waals surface area contributed by atoms with Crippen molar-refractivity contribution in [1.29, 1.82) is 0 Å². The first-order valence-corrected chi connectivity index (χ1v) is 12.5. The maximum absolute atomic E-state index is 11.9. The minimum absolute atomic E-state index is 0.0760. The van der Waals surface area contributed by atoms with Gasteiger partial charge in [0, 0.05) is 37.0 Å². The smallest absolute Gasteiger partial charge is 0.325 e. The van der Waals surface area contributed by atoms with Gasteiger partial charge >= 0.3 is 5.97 Å². The minimum Gasteiger partial charge on any atom is -0.480 e. The Morgan fingerprint density at radius 2 is 2.15 bits per heavy atom. The van der Waals surface area contributed by atoms with Gasteiger partial charge < -0.3 is 15.2 Å². The minimum atomic E-state index is -0.852. The van der Waals surface area contributed by atoms with Crippen molar-refractivity contribution in [3.8, 4) is 0 Å². The summed E-state index contributed by atoms with van der Waals surface area (Å²) in [5.41, 5.74) is 3.17. The number of nitrogens with zero attached hydrogens (tertiary/aromatic N) is 2. The third-order valence-electron chi connectivity index (χ3n) is 6.07. The van der Waals surface area contributed by atoms with Crippen molar-refractivity contribution in [3.63, 3.8) is 0 Å². The molecule has 0 amide bonds. The Kier molecular flexibility index (Phi) is 9.97. The molecule has 0 aliphatic carbocycles. The van der Waals surface area contributed by atoms with Crippen molar-refractivity contribution >= 4 is 23.4 Å². The van der Waals surface area contributed by atoms with Gasteiger partial charge in [0.15, 0.2) is 0 Å². The quantitative estimate of drug-likeness (QED) is 0.477. The molecule has 2 aliphatic heterocycles. The zero-order valence-electron chi connectivity index (χ0n) is 19.7. The van der Waals surface area contributed by atoms with E-state index in [0.29, 0.717) is 30.3 Å². The van der Waals surface area contributed by atoms with Crippen LogP contribution in [-0.4, -0.2) is 53.3 Å². The van der Waals surface area contributed by atoms with Gasteiger partial charge in [0.05, 0.1) is 6.10 Å². The van der Waals surface area contributed by atoms with Gasteiger partial charge in [0.1, 0.15) is 11.9 Å². The van der Waals surface area contributed by atoms with Crippen LogP contribution in [0.25, 0.3) is 0 Å². The number of ether oxygens (including phenoxy) is 1. The second kappa shape index (κ2) is 12.9. The van der Waals surface area contributed by atoms with E-state index >= 15 is 0 Å². The highest BCUT2D eigenvalue weighted by atomic mass is 35.5. The number of aliphatic carboxylic acids is 1. The third kappa shape index (κ3) is 7.16. The summed E-state index contributed by atoms with van der Waals surface area (Å²) in [6.45, 7) is 7.04. The molecule has 2 unspecified atom stereocenters. The molecule has 1 saturated heterocycles. The van der Waals surface area contributed by atoms with E-state index in [0.717, 1.165) is 50.2 Å². The van der Waals surface area contributed by atoms with Gasteiger partial charge in [0.2, 0.25) is 0 Å². The monoisotopic (exact) mass is 473 g/mol. The number of likely N-dealkylation sites (tertiary alicyclic amines) is 1. The van der Waals surface area contributed by atoms with Crippen LogP contribution in [0.4, 0.5) is 5.82 Å². The Balaban J connectivity index is 0.00000149. The van der Waals surface area contributed by atoms with Gasteiger partial charge in [-0.15, -0.1) is 0 Å². The lowest BCUT2D eigenvalue weighted by Gasteiger charge is -2.24. The molecule has 2 aromatic rings. The normalized spacial score (nSPS) is 18.6. The van der Waals surface area contributed by atoms with Crippen molar-refractivity contribution in [2.75, 3.05) is 31.6 Å². The summed E-state index contributed by atoms with van der Waals surface area (Å²) < 4.78 is 6.06. The molecular weight excluding hydrogens is 438 g/mol. The van der Waals surface area contributed by atoms with Gasteiger partial charge in [0.25, 0.3) is 0 Å². The van der Waals surface area contributed by atoms with Crippen molar-refractivity contribution in [3.05, 3.63) is 58.2 Å². The average molecular weight is 474 g/mol. The van der Waals surface area contributed by atoms with Crippen LogP contribution < -0.4 is 5.32 Å². The van der Waals surface area contributed by atoms with Crippen LogP contribution in [0.3, 0.4) is 0 Å². The fraction of sp³-hybridized carbons (Fsp3) is 0.538. The van der Waals surface area contributed by atoms with Crippen LogP contribution in [0.2, 0.25) is 5.02 Å². The third-order valence-corrected chi connectivity index (χ3v) is 6.31. The average Bonchev–Trinajstić information content (AvgIpc) is 3.28. The van der Waals surface area contributed by atoms with E-state index in [2.05, 4.69) is 17.4 Å². The molecule has 7 heteroatoms. The molecule has 2 atom stereocenters. The number of aromatic nitrogens is 1. The summed E-state index contributed by atoms with van der Waals surface area (Å²) in [6.07, 6.45) is 6.17. The molecule has 1 fully saturated rings. The highest BCUT2D eigenvalue weighted by molar-refractivity contribution is 6.30. The van der Waals surface area contributed by atoms with E-state index in [4.69, 9.17) is 21.3 Å². The van der Waals surface area contributed by atoms with Crippen molar-refractivity contribution in [2.45, 2.75) is 64.5 Å². The van der Waals surface area contributed by atoms with Gasteiger partial charge in [-0.05, 0) is 67.9 Å². The maximum atomic E-state index is 11.9. The molecular formula is C26H36ClN3O3. The lowest BCUT2D eigenvalue weighted by molar-refractivity contribution is -0.143. The number of carboxylic acid groups (broad SMARTS) is 1. The standard InChI is InChI=1S/C24H30ClN3O3.C2H6/c25-19-7-3-5-18(15-19)22(24(29)30)28-13-11-21(16-28)31-14-2-1-8-20-10-9-17-6-4-12-26-23(17)27-20;1-2/h3,5,7,9-10,15,21-22H,1-2,4,6,8,11-14,16H2,(H,26,27)(H,29,30);1-2H3. The van der Waals surface area contributed by atoms with E-state index in [1.807, 2.05) is 24.8 Å². The molecule has 33 heavy (non-hydrogen) atoms. The van der Waals surface area contributed by atoms with Crippen LogP contribution in [0.5, 0.6) is 0 Å². The van der Waals surface area contributed by atoms with Crippen molar-refractivity contribution in [1.82, 2.24) is 9.88 Å². The number of rotatable bonds is 9. The number of aryl methyl sites for hydroxylation is 2. The maximum Gasteiger partial charge on any atom is 0.325 e. The zero-order valence-corrected chi connectivity index (χ0v) is 20.5. The first kappa shape index (κ1) is 25.5. The molecule has 3 heterocycles. The van der Waals surface area contributed by atoms with Gasteiger partial charge in [-0.3, -0.25) is 9.69 Å². The summed E-state index contributed by atoms with van der Waals surface area (Å²) in [4.78, 5) is 18.6. The van der Waals surface area contributed by atoms with E-state index in [9.17, 15) is 9.90 Å². The predicted molar refractivity (Wildman–Crippen MR) is 133 cm³/mol. The number of fused-ring (bicyclic) bond motifs is 1. The van der Waals surface area contributed by atoms with Crippen LogP contribution in [0.15, 0.2) is 36.4 Å². The fourth-order valence-corrected chi connectivity index (χ4v) is 4.68. The Hall–Kier alpha value is -2.15. The molecule has 2 N–H and O–H groups in total. The van der Waals surface area contributed by atoms with Crippen LogP contribution in [-0.2, 0) is 22.4 Å². The van der Waals surface area contributed by atoms with Crippen LogP contribution in [0.1, 0.15) is 62.4 Å². The number of carboxylic acids is 1. The molecule has 2 aliphatic rings. The number of benzene rings is 1. The van der Waals surface area contributed by atoms with Gasteiger partial charge in [-0.2, -0.15) is 0 Å². The Bertz CT molecular complexity index is 908. The van der Waals surface area contributed by atoms with E-state index in [1.165, 1.54) is 12.0 Å². The molecule has 1 aromatic carbocycles. The molecule has 1 aromatic heterocycles. The molecule has 0 bridgehead atoms. The van der Waals surface area contributed by atoms with E-state index < -0.39 is 12.0 Å². The summed E-state index contributed by atoms with van der Waals surface area (Å²) in [5, 5.41) is 13.7. The predicted octanol–water partition coefficient (Wildman–Crippen LogP) is 5.36. The molecule has 0 radical (unpaired) electrons. The largest absolute Gasteiger partial charge is 0.480 e. The van der Waals surface area contributed by atoms with Crippen molar-refractivity contribution in [2.24, 2.45) is 0 Å². The topological polar surface area (TPSA) is 74.7 Å². The zero-order chi connectivity index (χ0) is 23.6. The lowest BCUT2D eigenvalue weighted by Crippen LogP contribution is -2.33. The summed E-state index contributed by atoms with van der Waals surface area (Å²) in [5.74, 6) is 0.202. The Labute approximate surface area is 202 Å². The number of pyridine rings is 1. The second-order valence-corrected chi connectivity index (χ2v) is 8.81. The SMILES string of the molecule is CC.O=C(O)C(c1cccc(Cl)c1)N1CCC(OCCCCc2ccc3c(n2)NCCC3)C1. The molecule has 0 saturated carbocycles. The Morgan fingerprint density at radius 1 is 1.30 bits per heavy atom. The Morgan fingerprint density at radius 3 is 2.94 bits per heavy atom. The first-order chi connectivity index (χ1) is 16.1. The van der Waals surface area contributed by atoms with Gasteiger partial charge in [-0.1, -0.05) is 43.6 Å². The molecule has 180 valence electrons. The number of carbonyl (C=O) groups is 1. The molecule has 4 rings (SSSR count). The summed E-state index contributed by atoms with van der Waals surface area (Å²) in [6, 6.07) is 10.8. The number of halogens is 1. The molecule has 0 spiro atoms. The summed E-state index contributed by atoms with van der Waals surface area (Å²) >= 11 is 6.06. The van der Waals surface area contributed by atoms with E-state index in [-0.39, 0.29) is 6.10 Å².